The maximum Gasteiger partial charge on any atom is 0.0390 e. The molecular weight excluding hydrogens is 250 g/mol. The number of rotatable bonds is 4. The molecule has 0 amide bonds. The highest BCUT2D eigenvalue weighted by atomic mass is 32.2. The third-order valence-electron chi connectivity index (χ3n) is 3.09. The highest BCUT2D eigenvalue weighted by molar-refractivity contribution is 7.99. The summed E-state index contributed by atoms with van der Waals surface area (Å²) < 4.78 is 0. The van der Waals surface area contributed by atoms with E-state index in [4.69, 9.17) is 5.73 Å². The quantitative estimate of drug-likeness (QED) is 0.834. The molecule has 2 rings (SSSR count). The highest BCUT2D eigenvalue weighted by Crippen LogP contribution is 2.25. The Hall–Kier alpha value is -1.25. The van der Waals surface area contributed by atoms with Gasteiger partial charge in [-0.05, 0) is 38.5 Å². The van der Waals surface area contributed by atoms with Crippen molar-refractivity contribution >= 4 is 11.8 Å². The van der Waals surface area contributed by atoms with Crippen molar-refractivity contribution in [3.63, 3.8) is 0 Å². The SMILES string of the molecule is Cc1cccc(SCC(N)c2cc(C)cc(C)c2)c1. The fraction of sp³-hybridized carbons (Fsp3) is 0.294. The average molecular weight is 271 g/mol. The van der Waals surface area contributed by atoms with Crippen molar-refractivity contribution in [3.8, 4) is 0 Å². The number of hydrogen-bond donors (Lipinski definition) is 1. The molecule has 0 aliphatic carbocycles. The van der Waals surface area contributed by atoms with Crippen LogP contribution in [-0.2, 0) is 0 Å². The van der Waals surface area contributed by atoms with Gasteiger partial charge in [0.25, 0.3) is 0 Å². The topological polar surface area (TPSA) is 26.0 Å². The monoisotopic (exact) mass is 271 g/mol. The predicted molar refractivity (Wildman–Crippen MR) is 84.7 cm³/mol. The lowest BCUT2D eigenvalue weighted by Crippen LogP contribution is -2.13. The van der Waals surface area contributed by atoms with Gasteiger partial charge in [0.2, 0.25) is 0 Å². The molecule has 2 aromatic carbocycles. The molecule has 0 radical (unpaired) electrons. The molecule has 2 N–H and O–H groups in total. The van der Waals surface area contributed by atoms with Gasteiger partial charge < -0.3 is 5.73 Å². The van der Waals surface area contributed by atoms with Crippen molar-refractivity contribution < 1.29 is 0 Å². The molecule has 0 aliphatic rings. The normalized spacial score (nSPS) is 12.4. The summed E-state index contributed by atoms with van der Waals surface area (Å²) in [5.41, 5.74) is 11.4. The summed E-state index contributed by atoms with van der Waals surface area (Å²) in [5, 5.41) is 0. The van der Waals surface area contributed by atoms with Crippen molar-refractivity contribution in [3.05, 3.63) is 64.7 Å². The second-order valence-electron chi connectivity index (χ2n) is 5.16. The van der Waals surface area contributed by atoms with E-state index in [1.54, 1.807) is 0 Å². The molecule has 0 saturated heterocycles. The molecule has 1 nitrogen and oxygen atoms in total. The van der Waals surface area contributed by atoms with Gasteiger partial charge in [-0.15, -0.1) is 11.8 Å². The van der Waals surface area contributed by atoms with Crippen LogP contribution in [0.4, 0.5) is 0 Å². The molecule has 0 aliphatic heterocycles. The van der Waals surface area contributed by atoms with E-state index in [1.807, 2.05) is 11.8 Å². The molecule has 2 heteroatoms. The second-order valence-corrected chi connectivity index (χ2v) is 6.25. The Balaban J connectivity index is 2.03. The van der Waals surface area contributed by atoms with Crippen LogP contribution in [0.25, 0.3) is 0 Å². The van der Waals surface area contributed by atoms with Crippen molar-refractivity contribution in [2.75, 3.05) is 5.75 Å². The van der Waals surface area contributed by atoms with E-state index in [1.165, 1.54) is 27.1 Å². The summed E-state index contributed by atoms with van der Waals surface area (Å²) in [4.78, 5) is 1.29. The fourth-order valence-corrected chi connectivity index (χ4v) is 3.22. The fourth-order valence-electron chi connectivity index (χ4n) is 2.21. The molecule has 2 aromatic rings. The van der Waals surface area contributed by atoms with Crippen LogP contribution in [0.15, 0.2) is 47.4 Å². The van der Waals surface area contributed by atoms with E-state index in [0.717, 1.165) is 5.75 Å². The molecule has 0 bridgehead atoms. The average Bonchev–Trinajstić information content (AvgIpc) is 2.35. The third kappa shape index (κ3) is 4.12. The molecule has 0 spiro atoms. The molecule has 0 saturated carbocycles. The maximum atomic E-state index is 6.30. The van der Waals surface area contributed by atoms with Gasteiger partial charge in [0.15, 0.2) is 0 Å². The Kier molecular flexibility index (Phi) is 4.67. The second kappa shape index (κ2) is 6.27. The highest BCUT2D eigenvalue weighted by Gasteiger charge is 2.08. The van der Waals surface area contributed by atoms with Crippen LogP contribution in [0, 0.1) is 20.8 Å². The van der Waals surface area contributed by atoms with E-state index in [2.05, 4.69) is 63.2 Å². The molecule has 1 atom stereocenters. The standard InChI is InChI=1S/C17H21NS/c1-12-5-4-6-16(10-12)19-11-17(18)15-8-13(2)7-14(3)9-15/h4-10,17H,11,18H2,1-3H3. The first-order chi connectivity index (χ1) is 9.04. The number of nitrogens with two attached hydrogens (primary N) is 1. The molecule has 1 unspecified atom stereocenters. The van der Waals surface area contributed by atoms with E-state index in [9.17, 15) is 0 Å². The van der Waals surface area contributed by atoms with E-state index >= 15 is 0 Å². The van der Waals surface area contributed by atoms with Crippen LogP contribution >= 0.6 is 11.8 Å². The van der Waals surface area contributed by atoms with Crippen molar-refractivity contribution in [1.82, 2.24) is 0 Å². The molecule has 0 fully saturated rings. The Morgan fingerprint density at radius 1 is 0.947 bits per heavy atom. The van der Waals surface area contributed by atoms with E-state index < -0.39 is 0 Å². The lowest BCUT2D eigenvalue weighted by atomic mass is 10.0. The molecule has 0 aromatic heterocycles. The summed E-state index contributed by atoms with van der Waals surface area (Å²) in [5.74, 6) is 0.909. The molecule has 0 heterocycles. The van der Waals surface area contributed by atoms with Crippen LogP contribution in [0.2, 0.25) is 0 Å². The zero-order valence-electron chi connectivity index (χ0n) is 11.8. The maximum absolute atomic E-state index is 6.30. The molecule has 19 heavy (non-hydrogen) atoms. The first-order valence-corrected chi connectivity index (χ1v) is 7.56. The summed E-state index contributed by atoms with van der Waals surface area (Å²) in [7, 11) is 0. The van der Waals surface area contributed by atoms with Gasteiger partial charge in [-0.2, -0.15) is 0 Å². The summed E-state index contributed by atoms with van der Waals surface area (Å²) in [6.07, 6.45) is 0. The van der Waals surface area contributed by atoms with Crippen molar-refractivity contribution in [1.29, 1.82) is 0 Å². The minimum absolute atomic E-state index is 0.0871. The van der Waals surface area contributed by atoms with Gasteiger partial charge in [-0.25, -0.2) is 0 Å². The largest absolute Gasteiger partial charge is 0.323 e. The van der Waals surface area contributed by atoms with Crippen LogP contribution in [0.3, 0.4) is 0 Å². The Labute approximate surface area is 120 Å². The minimum atomic E-state index is 0.0871. The lowest BCUT2D eigenvalue weighted by Gasteiger charge is -2.13. The van der Waals surface area contributed by atoms with Crippen LogP contribution in [0.5, 0.6) is 0 Å². The minimum Gasteiger partial charge on any atom is -0.323 e. The van der Waals surface area contributed by atoms with E-state index in [0.29, 0.717) is 0 Å². The zero-order valence-corrected chi connectivity index (χ0v) is 12.6. The Morgan fingerprint density at radius 3 is 2.26 bits per heavy atom. The first-order valence-electron chi connectivity index (χ1n) is 6.58. The first kappa shape index (κ1) is 14.2. The number of thioether (sulfide) groups is 1. The summed E-state index contributed by atoms with van der Waals surface area (Å²) in [6, 6.07) is 15.2. The van der Waals surface area contributed by atoms with Gasteiger partial charge in [-0.1, -0.05) is 47.0 Å². The smallest absolute Gasteiger partial charge is 0.0390 e. The zero-order chi connectivity index (χ0) is 13.8. The van der Waals surface area contributed by atoms with Gasteiger partial charge in [-0.3, -0.25) is 0 Å². The number of hydrogen-bond acceptors (Lipinski definition) is 2. The van der Waals surface area contributed by atoms with Gasteiger partial charge >= 0.3 is 0 Å². The number of aryl methyl sites for hydroxylation is 3. The summed E-state index contributed by atoms with van der Waals surface area (Å²) >= 11 is 1.82. The number of benzene rings is 2. The Bertz CT molecular complexity index is 543. The van der Waals surface area contributed by atoms with Gasteiger partial charge in [0.05, 0.1) is 0 Å². The van der Waals surface area contributed by atoms with Crippen LogP contribution < -0.4 is 5.73 Å². The van der Waals surface area contributed by atoms with Gasteiger partial charge in [0.1, 0.15) is 0 Å². The van der Waals surface area contributed by atoms with Gasteiger partial charge in [0, 0.05) is 16.7 Å². The third-order valence-corrected chi connectivity index (χ3v) is 4.20. The van der Waals surface area contributed by atoms with E-state index in [-0.39, 0.29) is 6.04 Å². The van der Waals surface area contributed by atoms with Crippen LogP contribution in [-0.4, -0.2) is 5.75 Å². The molecular formula is C17H21NS. The summed E-state index contributed by atoms with van der Waals surface area (Å²) in [6.45, 7) is 6.36. The lowest BCUT2D eigenvalue weighted by molar-refractivity contribution is 0.828. The van der Waals surface area contributed by atoms with Crippen LogP contribution in [0.1, 0.15) is 28.3 Å². The van der Waals surface area contributed by atoms with Crippen molar-refractivity contribution in [2.24, 2.45) is 5.73 Å². The predicted octanol–water partition coefficient (Wildman–Crippen LogP) is 4.40. The molecule has 100 valence electrons. The van der Waals surface area contributed by atoms with Crippen molar-refractivity contribution in [2.45, 2.75) is 31.7 Å². The Morgan fingerprint density at radius 2 is 1.63 bits per heavy atom.